The second-order valence-corrected chi connectivity index (χ2v) is 7.17. The van der Waals surface area contributed by atoms with Crippen molar-refractivity contribution < 1.29 is 13.9 Å². The van der Waals surface area contributed by atoms with Gasteiger partial charge in [-0.2, -0.15) is 0 Å². The normalized spacial score (nSPS) is 23.7. The number of carbonyl (C=O) groups is 1. The summed E-state index contributed by atoms with van der Waals surface area (Å²) >= 11 is 0. The Balaban J connectivity index is 1.50. The highest BCUT2D eigenvalue weighted by atomic mass is 16.5. The van der Waals surface area contributed by atoms with Crippen molar-refractivity contribution in [3.05, 3.63) is 53.2 Å². The van der Waals surface area contributed by atoms with Gasteiger partial charge in [-0.15, -0.1) is 0 Å². The summed E-state index contributed by atoms with van der Waals surface area (Å²) in [5.41, 5.74) is 1.92. The number of fused-ring (bicyclic) bond motifs is 1. The highest BCUT2D eigenvalue weighted by Gasteiger charge is 2.39. The number of hydrogen-bond acceptors (Lipinski definition) is 5. The average Bonchev–Trinajstić information content (AvgIpc) is 3.00. The third-order valence-corrected chi connectivity index (χ3v) is 5.39. The number of rotatable bonds is 3. The van der Waals surface area contributed by atoms with Crippen LogP contribution in [-0.2, 0) is 11.3 Å². The Morgan fingerprint density at radius 1 is 1.27 bits per heavy atom. The molecule has 0 aliphatic carbocycles. The van der Waals surface area contributed by atoms with Crippen LogP contribution in [0.2, 0.25) is 0 Å². The highest BCUT2D eigenvalue weighted by Crippen LogP contribution is 2.26. The molecule has 0 aromatic carbocycles. The second kappa shape index (κ2) is 7.21. The third-order valence-electron chi connectivity index (χ3n) is 5.39. The van der Waals surface area contributed by atoms with Crippen molar-refractivity contribution in [1.82, 2.24) is 14.8 Å². The van der Waals surface area contributed by atoms with E-state index in [1.165, 1.54) is 5.56 Å². The van der Waals surface area contributed by atoms with E-state index in [-0.39, 0.29) is 18.1 Å². The molecule has 0 unspecified atom stereocenters. The van der Waals surface area contributed by atoms with E-state index in [2.05, 4.69) is 9.88 Å². The number of furan rings is 1. The molecule has 2 aromatic heterocycles. The molecule has 2 atom stereocenters. The Morgan fingerprint density at radius 3 is 2.81 bits per heavy atom. The minimum absolute atomic E-state index is 0.0623. The summed E-state index contributed by atoms with van der Waals surface area (Å²) in [7, 11) is 0. The number of carbonyl (C=O) groups excluding carboxylic acids is 1. The van der Waals surface area contributed by atoms with E-state index >= 15 is 0 Å². The summed E-state index contributed by atoms with van der Waals surface area (Å²) in [4.78, 5) is 21.5. The van der Waals surface area contributed by atoms with Crippen molar-refractivity contribution in [2.24, 2.45) is 0 Å². The van der Waals surface area contributed by atoms with Crippen molar-refractivity contribution in [3.63, 3.8) is 0 Å². The molecule has 2 fully saturated rings. The molecule has 2 aliphatic rings. The lowest BCUT2D eigenvalue weighted by Crippen LogP contribution is -2.60. The molecule has 138 valence electrons. The molecule has 2 aromatic rings. The number of nitrogens with zero attached hydrogens (tertiary/aromatic N) is 3. The molecule has 2 aliphatic heterocycles. The molecule has 2 saturated heterocycles. The maximum Gasteiger partial charge on any atom is 0.257 e. The van der Waals surface area contributed by atoms with Crippen molar-refractivity contribution in [1.29, 1.82) is 0 Å². The number of morpholine rings is 1. The Labute approximate surface area is 153 Å². The summed E-state index contributed by atoms with van der Waals surface area (Å²) in [6.45, 7) is 7.65. The van der Waals surface area contributed by atoms with Gasteiger partial charge in [-0.3, -0.25) is 14.7 Å². The maximum atomic E-state index is 13.0. The van der Waals surface area contributed by atoms with Crippen LogP contribution in [0.4, 0.5) is 0 Å². The molecule has 0 saturated carbocycles. The summed E-state index contributed by atoms with van der Waals surface area (Å²) in [5, 5.41) is 0. The van der Waals surface area contributed by atoms with Gasteiger partial charge < -0.3 is 14.1 Å². The van der Waals surface area contributed by atoms with E-state index in [1.807, 2.05) is 49.3 Å². The average molecular weight is 355 g/mol. The number of pyridine rings is 1. The maximum absolute atomic E-state index is 13.0. The first-order valence-corrected chi connectivity index (χ1v) is 9.22. The minimum Gasteiger partial charge on any atom is -0.466 e. The number of ether oxygens (including phenoxy) is 1. The minimum atomic E-state index is 0.0623. The molecule has 0 N–H and O–H groups in total. The van der Waals surface area contributed by atoms with Crippen molar-refractivity contribution in [2.75, 3.05) is 26.2 Å². The van der Waals surface area contributed by atoms with Crippen LogP contribution in [0.15, 0.2) is 35.0 Å². The monoisotopic (exact) mass is 355 g/mol. The van der Waals surface area contributed by atoms with E-state index in [4.69, 9.17) is 9.15 Å². The molecule has 26 heavy (non-hydrogen) atoms. The lowest BCUT2D eigenvalue weighted by Gasteiger charge is -2.47. The smallest absolute Gasteiger partial charge is 0.257 e. The summed E-state index contributed by atoms with van der Waals surface area (Å²) in [5.74, 6) is 1.54. The highest BCUT2D eigenvalue weighted by molar-refractivity contribution is 5.95. The van der Waals surface area contributed by atoms with Crippen LogP contribution < -0.4 is 0 Å². The van der Waals surface area contributed by atoms with Gasteiger partial charge in [0.15, 0.2) is 0 Å². The first kappa shape index (κ1) is 17.2. The van der Waals surface area contributed by atoms with Crippen molar-refractivity contribution >= 4 is 5.91 Å². The predicted octanol–water partition coefficient (Wildman–Crippen LogP) is 2.41. The number of hydrogen-bond donors (Lipinski definition) is 0. The molecule has 4 rings (SSSR count). The van der Waals surface area contributed by atoms with Crippen LogP contribution in [-0.4, -0.2) is 59.1 Å². The Bertz CT molecular complexity index is 774. The van der Waals surface area contributed by atoms with Gasteiger partial charge in [-0.25, -0.2) is 0 Å². The first-order valence-electron chi connectivity index (χ1n) is 9.22. The van der Waals surface area contributed by atoms with E-state index in [9.17, 15) is 4.79 Å². The van der Waals surface area contributed by atoms with Gasteiger partial charge in [-0.05, 0) is 44.0 Å². The quantitative estimate of drug-likeness (QED) is 0.846. The summed E-state index contributed by atoms with van der Waals surface area (Å²) < 4.78 is 11.5. The standard InChI is InChI=1S/C20H25N3O3/c1-14-11-17(15(2)26-14)20(24)23-8-5-19-18(13-23)22(9-10-25-19)12-16-3-6-21-7-4-16/h3-4,6-7,11,18-19H,5,8-10,12-13H2,1-2H3/t18-,19-/m1/s1. The molecular weight excluding hydrogens is 330 g/mol. The zero-order valence-electron chi connectivity index (χ0n) is 15.4. The lowest BCUT2D eigenvalue weighted by molar-refractivity contribution is -0.101. The van der Waals surface area contributed by atoms with Crippen LogP contribution in [0.5, 0.6) is 0 Å². The van der Waals surface area contributed by atoms with Crippen LogP contribution in [0.3, 0.4) is 0 Å². The molecular formula is C20H25N3O3. The van der Waals surface area contributed by atoms with Gasteiger partial charge in [-0.1, -0.05) is 0 Å². The third kappa shape index (κ3) is 3.39. The van der Waals surface area contributed by atoms with Gasteiger partial charge >= 0.3 is 0 Å². The predicted molar refractivity (Wildman–Crippen MR) is 96.9 cm³/mol. The zero-order chi connectivity index (χ0) is 18.1. The Hall–Kier alpha value is -2.18. The lowest BCUT2D eigenvalue weighted by atomic mass is 9.97. The van der Waals surface area contributed by atoms with Gasteiger partial charge in [0.25, 0.3) is 5.91 Å². The van der Waals surface area contributed by atoms with E-state index < -0.39 is 0 Å². The SMILES string of the molecule is Cc1cc(C(=O)N2CC[C@H]3OCCN(Cc4ccncc4)[C@@H]3C2)c(C)o1. The molecule has 0 radical (unpaired) electrons. The van der Waals surface area contributed by atoms with Crippen molar-refractivity contribution in [2.45, 2.75) is 39.0 Å². The van der Waals surface area contributed by atoms with Gasteiger partial charge in [0.05, 0.1) is 24.3 Å². The zero-order valence-corrected chi connectivity index (χ0v) is 15.4. The van der Waals surface area contributed by atoms with Gasteiger partial charge in [0.2, 0.25) is 0 Å². The molecule has 6 nitrogen and oxygen atoms in total. The molecule has 6 heteroatoms. The van der Waals surface area contributed by atoms with Crippen LogP contribution >= 0.6 is 0 Å². The Kier molecular flexibility index (Phi) is 4.78. The van der Waals surface area contributed by atoms with Crippen LogP contribution in [0.1, 0.15) is 33.9 Å². The van der Waals surface area contributed by atoms with Gasteiger partial charge in [0, 0.05) is 38.6 Å². The van der Waals surface area contributed by atoms with Crippen LogP contribution in [0, 0.1) is 13.8 Å². The molecule has 4 heterocycles. The number of aromatic nitrogens is 1. The van der Waals surface area contributed by atoms with E-state index in [0.717, 1.165) is 38.4 Å². The molecule has 0 spiro atoms. The van der Waals surface area contributed by atoms with Crippen LogP contribution in [0.25, 0.3) is 0 Å². The molecule has 1 amide bonds. The van der Waals surface area contributed by atoms with Crippen molar-refractivity contribution in [3.8, 4) is 0 Å². The number of aryl methyl sites for hydroxylation is 2. The summed E-state index contributed by atoms with van der Waals surface area (Å²) in [6.07, 6.45) is 4.72. The number of amides is 1. The second-order valence-electron chi connectivity index (χ2n) is 7.17. The topological polar surface area (TPSA) is 58.8 Å². The number of piperidine rings is 1. The van der Waals surface area contributed by atoms with Gasteiger partial charge in [0.1, 0.15) is 11.5 Å². The number of likely N-dealkylation sites (tertiary alicyclic amines) is 1. The summed E-state index contributed by atoms with van der Waals surface area (Å²) in [6, 6.07) is 6.17. The Morgan fingerprint density at radius 2 is 2.08 bits per heavy atom. The molecule has 0 bridgehead atoms. The van der Waals surface area contributed by atoms with E-state index in [1.54, 1.807) is 0 Å². The van der Waals surface area contributed by atoms with E-state index in [0.29, 0.717) is 17.9 Å². The largest absolute Gasteiger partial charge is 0.466 e. The fraction of sp³-hybridized carbons (Fsp3) is 0.500. The fourth-order valence-corrected chi connectivity index (χ4v) is 4.06. The first-order chi connectivity index (χ1) is 12.6. The fourth-order valence-electron chi connectivity index (χ4n) is 4.06.